The molecule has 2 heterocycles. The normalized spacial score (nSPS) is 25.1. The van der Waals surface area contributed by atoms with Crippen LogP contribution in [0.5, 0.6) is 57.5 Å². The third kappa shape index (κ3) is 5.98. The van der Waals surface area contributed by atoms with Crippen LogP contribution in [0, 0.1) is 5.92 Å². The Morgan fingerprint density at radius 1 is 0.660 bits per heavy atom. The third-order valence-corrected chi connectivity index (χ3v) is 9.61. The first-order valence-corrected chi connectivity index (χ1v) is 16.0. The van der Waals surface area contributed by atoms with Gasteiger partial charge in [-0.15, -0.1) is 0 Å². The van der Waals surface area contributed by atoms with Crippen LogP contribution >= 0.6 is 0 Å². The molecule has 2 aliphatic heterocycles. The molecule has 0 aromatic heterocycles. The number of aliphatic hydroxyl groups is 3. The topological polar surface area (TPSA) is 288 Å². The van der Waals surface area contributed by atoms with E-state index in [0.717, 1.165) is 48.5 Å². The van der Waals surface area contributed by atoms with E-state index in [4.69, 9.17) is 14.2 Å². The molecule has 7 atom stereocenters. The molecule has 7 rings (SSSR count). The second-order valence-corrected chi connectivity index (χ2v) is 12.9. The lowest BCUT2D eigenvalue weighted by Gasteiger charge is -2.47. The standard InChI is InChI=1S/C37H32O16/c38-16-9-23(44)29-28(10-16)51-34(14-2-4-19(40)22(43)6-14)36(53-37(50)15-7-25(46)32(49)26(47)8-15)31(29)30-24(45)12-20(41)17-11-27(48)33(52-35(17)30)13-1-3-18(39)21(42)5-13/h1-10,12,17,27,31,33-36,38-49H,11H2/t17?,27-,31+,33+,34+,35?,36+/m0/s1. The molecule has 1 fully saturated rings. The molecule has 1 saturated heterocycles. The quantitative estimate of drug-likeness (QED) is 0.101. The number of aliphatic hydroxyl groups excluding tert-OH is 3. The van der Waals surface area contributed by atoms with Gasteiger partial charge in [-0.2, -0.15) is 0 Å². The summed E-state index contributed by atoms with van der Waals surface area (Å²) >= 11 is 0. The van der Waals surface area contributed by atoms with Crippen LogP contribution in [-0.4, -0.2) is 85.6 Å². The molecule has 16 nitrogen and oxygen atoms in total. The highest BCUT2D eigenvalue weighted by molar-refractivity contribution is 5.91. The molecule has 2 unspecified atom stereocenters. The second-order valence-electron chi connectivity index (χ2n) is 12.9. The molecular weight excluding hydrogens is 700 g/mol. The van der Waals surface area contributed by atoms with Gasteiger partial charge in [0.05, 0.1) is 23.7 Å². The van der Waals surface area contributed by atoms with Crippen LogP contribution in [0.1, 0.15) is 51.6 Å². The van der Waals surface area contributed by atoms with Gasteiger partial charge >= 0.3 is 5.97 Å². The molecule has 0 saturated carbocycles. The lowest BCUT2D eigenvalue weighted by Crippen LogP contribution is -2.48. The highest BCUT2D eigenvalue weighted by atomic mass is 16.6. The van der Waals surface area contributed by atoms with Crippen molar-refractivity contribution in [3.63, 3.8) is 0 Å². The van der Waals surface area contributed by atoms with Crippen LogP contribution in [0.4, 0.5) is 0 Å². The van der Waals surface area contributed by atoms with Crippen LogP contribution in [0.2, 0.25) is 0 Å². The van der Waals surface area contributed by atoms with Crippen molar-refractivity contribution in [2.24, 2.45) is 5.92 Å². The fourth-order valence-electron chi connectivity index (χ4n) is 7.15. The van der Waals surface area contributed by atoms with E-state index in [1.807, 2.05) is 0 Å². The number of carbonyl (C=O) groups is 1. The van der Waals surface area contributed by atoms with Gasteiger partial charge in [-0.3, -0.25) is 0 Å². The Labute approximate surface area is 298 Å². The van der Waals surface area contributed by atoms with Crippen LogP contribution in [-0.2, 0) is 9.47 Å². The van der Waals surface area contributed by atoms with Crippen molar-refractivity contribution >= 4 is 5.97 Å². The second kappa shape index (κ2) is 12.8. The maximum Gasteiger partial charge on any atom is 0.338 e. The summed E-state index contributed by atoms with van der Waals surface area (Å²) in [4.78, 5) is 13.8. The number of esters is 1. The zero-order chi connectivity index (χ0) is 38.0. The number of ether oxygens (including phenoxy) is 3. The number of fused-ring (bicyclic) bond motifs is 2. The predicted octanol–water partition coefficient (Wildman–Crippen LogP) is 4.25. The summed E-state index contributed by atoms with van der Waals surface area (Å²) < 4.78 is 18.6. The number of allylic oxidation sites excluding steroid dienone is 1. The number of hydrogen-bond acceptors (Lipinski definition) is 16. The van der Waals surface area contributed by atoms with Crippen LogP contribution in [0.15, 0.2) is 83.8 Å². The minimum absolute atomic E-state index is 0.0660. The van der Waals surface area contributed by atoms with Gasteiger partial charge < -0.3 is 75.5 Å². The summed E-state index contributed by atoms with van der Waals surface area (Å²) in [5.74, 6) is -10.8. The van der Waals surface area contributed by atoms with E-state index in [0.29, 0.717) is 0 Å². The molecule has 16 heteroatoms. The third-order valence-electron chi connectivity index (χ3n) is 9.61. The Kier molecular flexibility index (Phi) is 8.43. The lowest BCUT2D eigenvalue weighted by atomic mass is 9.70. The number of carbonyl (C=O) groups excluding carboxylic acids is 1. The monoisotopic (exact) mass is 732 g/mol. The van der Waals surface area contributed by atoms with Crippen molar-refractivity contribution in [3.05, 3.63) is 106 Å². The van der Waals surface area contributed by atoms with Crippen LogP contribution in [0.25, 0.3) is 0 Å². The van der Waals surface area contributed by atoms with Crippen LogP contribution in [0.3, 0.4) is 0 Å². The van der Waals surface area contributed by atoms with Gasteiger partial charge in [0.15, 0.2) is 52.5 Å². The summed E-state index contributed by atoms with van der Waals surface area (Å²) in [5, 5.41) is 127. The summed E-state index contributed by atoms with van der Waals surface area (Å²) in [7, 11) is 0. The fraction of sp³-hybridized carbons (Fsp3) is 0.216. The van der Waals surface area contributed by atoms with Crippen molar-refractivity contribution in [1.29, 1.82) is 0 Å². The van der Waals surface area contributed by atoms with E-state index >= 15 is 0 Å². The smallest absolute Gasteiger partial charge is 0.338 e. The van der Waals surface area contributed by atoms with Crippen molar-refractivity contribution < 1.29 is 80.3 Å². The molecule has 12 N–H and O–H groups in total. The number of phenols is 9. The molecule has 1 aliphatic carbocycles. The van der Waals surface area contributed by atoms with Gasteiger partial charge in [0.25, 0.3) is 0 Å². The molecule has 3 aliphatic rings. The number of rotatable bonds is 5. The zero-order valence-corrected chi connectivity index (χ0v) is 27.1. The van der Waals surface area contributed by atoms with E-state index in [2.05, 4.69) is 0 Å². The molecule has 276 valence electrons. The van der Waals surface area contributed by atoms with Gasteiger partial charge in [0.2, 0.25) is 0 Å². The highest BCUT2D eigenvalue weighted by Gasteiger charge is 2.53. The molecule has 0 amide bonds. The number of benzene rings is 4. The highest BCUT2D eigenvalue weighted by Crippen LogP contribution is 2.57. The molecule has 4 aromatic rings. The first kappa shape index (κ1) is 34.8. The summed E-state index contributed by atoms with van der Waals surface area (Å²) in [6, 6.07) is 10.9. The van der Waals surface area contributed by atoms with Gasteiger partial charge in [-0.05, 0) is 48.4 Å². The molecule has 53 heavy (non-hydrogen) atoms. The van der Waals surface area contributed by atoms with E-state index in [1.54, 1.807) is 0 Å². The van der Waals surface area contributed by atoms with Crippen LogP contribution < -0.4 is 4.74 Å². The van der Waals surface area contributed by atoms with Gasteiger partial charge in [-0.25, -0.2) is 4.79 Å². The SMILES string of the molecule is O=C(O[C@H]1[C@@H](c2ccc(O)c(O)c2)Oc2cc(O)cc(O)c2[C@@H]1C1=C(O)C=C(O)C2C[C@H](O)[C@@H](c3ccc(O)c(O)c3)OC12)c1cc(O)c(O)c(O)c1. The van der Waals surface area contributed by atoms with Gasteiger partial charge in [0.1, 0.15) is 34.9 Å². The van der Waals surface area contributed by atoms with Gasteiger partial charge in [0, 0.05) is 40.8 Å². The van der Waals surface area contributed by atoms with Crippen molar-refractivity contribution in [2.45, 2.75) is 42.9 Å². The van der Waals surface area contributed by atoms with Crippen molar-refractivity contribution in [2.75, 3.05) is 0 Å². The maximum absolute atomic E-state index is 13.8. The molecular formula is C37H32O16. The Morgan fingerprint density at radius 2 is 1.26 bits per heavy atom. The van der Waals surface area contributed by atoms with E-state index in [9.17, 15) is 66.1 Å². The molecule has 0 radical (unpaired) electrons. The van der Waals surface area contributed by atoms with E-state index < -0.39 is 117 Å². The molecule has 4 aromatic carbocycles. The zero-order valence-electron chi connectivity index (χ0n) is 27.1. The molecule has 0 bridgehead atoms. The Balaban J connectivity index is 1.43. The molecule has 0 spiro atoms. The average molecular weight is 733 g/mol. The maximum atomic E-state index is 13.8. The number of aromatic hydroxyl groups is 9. The minimum atomic E-state index is -1.69. The largest absolute Gasteiger partial charge is 0.512 e. The first-order chi connectivity index (χ1) is 25.1. The Bertz CT molecular complexity index is 2190. The number of hydrogen-bond donors (Lipinski definition) is 12. The van der Waals surface area contributed by atoms with Gasteiger partial charge in [-0.1, -0.05) is 12.1 Å². The lowest BCUT2D eigenvalue weighted by molar-refractivity contribution is -0.139. The first-order valence-electron chi connectivity index (χ1n) is 16.0. The van der Waals surface area contributed by atoms with E-state index in [-0.39, 0.29) is 34.4 Å². The van der Waals surface area contributed by atoms with Crippen molar-refractivity contribution in [1.82, 2.24) is 0 Å². The summed E-state index contributed by atoms with van der Waals surface area (Å²) in [5.41, 5.74) is -0.477. The summed E-state index contributed by atoms with van der Waals surface area (Å²) in [6.45, 7) is 0. The summed E-state index contributed by atoms with van der Waals surface area (Å²) in [6.07, 6.45) is -6.28. The van der Waals surface area contributed by atoms with Crippen molar-refractivity contribution in [3.8, 4) is 57.5 Å². The average Bonchev–Trinajstić information content (AvgIpc) is 3.09. The van der Waals surface area contributed by atoms with E-state index in [1.165, 1.54) is 18.2 Å². The Hall–Kier alpha value is -6.65. The minimum Gasteiger partial charge on any atom is -0.512 e. The Morgan fingerprint density at radius 3 is 1.87 bits per heavy atom. The predicted molar refractivity (Wildman–Crippen MR) is 178 cm³/mol. The number of phenolic OH excluding ortho intramolecular Hbond substituents is 9. The fourth-order valence-corrected chi connectivity index (χ4v) is 7.15.